The first-order chi connectivity index (χ1) is 20.0. The van der Waals surface area contributed by atoms with Gasteiger partial charge in [0.1, 0.15) is 29.6 Å². The summed E-state index contributed by atoms with van der Waals surface area (Å²) in [7, 11) is 0. The van der Waals surface area contributed by atoms with Gasteiger partial charge in [0.05, 0.1) is 24.7 Å². The van der Waals surface area contributed by atoms with E-state index < -0.39 is 53.6 Å². The number of anilines is 2. The van der Waals surface area contributed by atoms with Crippen molar-refractivity contribution < 1.29 is 46.1 Å². The van der Waals surface area contributed by atoms with E-state index in [1.54, 1.807) is 18.2 Å². The summed E-state index contributed by atoms with van der Waals surface area (Å²) >= 11 is 0. The molecule has 3 amide bonds. The van der Waals surface area contributed by atoms with Gasteiger partial charge in [-0.05, 0) is 67.1 Å². The lowest BCUT2D eigenvalue weighted by atomic mass is 9.84. The number of ether oxygens (including phenoxy) is 2. The predicted molar refractivity (Wildman–Crippen MR) is 141 cm³/mol. The van der Waals surface area contributed by atoms with Crippen molar-refractivity contribution in [3.8, 4) is 5.75 Å². The van der Waals surface area contributed by atoms with E-state index in [0.717, 1.165) is 48.0 Å². The van der Waals surface area contributed by atoms with Crippen LogP contribution in [0, 0.1) is 11.6 Å². The van der Waals surface area contributed by atoms with Gasteiger partial charge >= 0.3 is 12.2 Å². The molecule has 0 bridgehead atoms. The molecule has 222 valence electrons. The lowest BCUT2D eigenvalue weighted by Crippen LogP contribution is -2.47. The van der Waals surface area contributed by atoms with Crippen molar-refractivity contribution in [2.24, 2.45) is 0 Å². The van der Waals surface area contributed by atoms with Crippen LogP contribution in [-0.2, 0) is 22.3 Å². The van der Waals surface area contributed by atoms with Crippen LogP contribution in [0.4, 0.5) is 38.1 Å². The fourth-order valence-corrected chi connectivity index (χ4v) is 5.15. The largest absolute Gasteiger partial charge is 0.487 e. The van der Waals surface area contributed by atoms with Crippen LogP contribution in [0.2, 0.25) is 0 Å². The maximum Gasteiger partial charge on any atom is 0.416 e. The van der Waals surface area contributed by atoms with E-state index in [9.17, 15) is 36.6 Å². The topological polar surface area (TPSA) is 109 Å². The fraction of sp³-hybridized carbons (Fsp3) is 0.310. The van der Waals surface area contributed by atoms with Gasteiger partial charge in [-0.1, -0.05) is 0 Å². The molecule has 0 aromatic heterocycles. The number of carbonyl (C=O) groups excluding carboxylic acids is 2. The quantitative estimate of drug-likeness (QED) is 0.278. The van der Waals surface area contributed by atoms with E-state index >= 15 is 0 Å². The zero-order chi connectivity index (χ0) is 30.0. The SMILES string of the molecule is O=C(C[C@H]1C[C@@H]2c3cc(NC(=O)Nc4ccc(C(F)(F)F)cc4)ccc3O[C@@H]2[C@H](CO)O1)NCc1cc(F)ccc1F. The number of rotatable bonds is 7. The highest BCUT2D eigenvalue weighted by Gasteiger charge is 2.46. The number of amides is 3. The number of alkyl halides is 3. The van der Waals surface area contributed by atoms with Crippen LogP contribution < -0.4 is 20.7 Å². The summed E-state index contributed by atoms with van der Waals surface area (Å²) in [5, 5.41) is 17.6. The minimum absolute atomic E-state index is 0.00159. The Kier molecular flexibility index (Phi) is 8.32. The number of hydrogen-bond acceptors (Lipinski definition) is 5. The van der Waals surface area contributed by atoms with Gasteiger partial charge in [0.2, 0.25) is 5.91 Å². The molecule has 2 aliphatic heterocycles. The molecule has 4 N–H and O–H groups in total. The number of benzene rings is 3. The Morgan fingerprint density at radius 1 is 0.952 bits per heavy atom. The highest BCUT2D eigenvalue weighted by Crippen LogP contribution is 2.47. The summed E-state index contributed by atoms with van der Waals surface area (Å²) in [6.07, 6.45) is -6.14. The summed E-state index contributed by atoms with van der Waals surface area (Å²) in [6.45, 7) is -0.581. The molecule has 4 atom stereocenters. The molecule has 3 aromatic rings. The smallest absolute Gasteiger partial charge is 0.416 e. The van der Waals surface area contributed by atoms with Gasteiger partial charge in [0.25, 0.3) is 0 Å². The van der Waals surface area contributed by atoms with Crippen molar-refractivity contribution in [2.45, 2.75) is 49.8 Å². The van der Waals surface area contributed by atoms with Crippen molar-refractivity contribution in [1.82, 2.24) is 5.32 Å². The van der Waals surface area contributed by atoms with E-state index in [4.69, 9.17) is 9.47 Å². The molecule has 2 heterocycles. The molecule has 0 spiro atoms. The lowest BCUT2D eigenvalue weighted by molar-refractivity contribution is -0.142. The van der Waals surface area contributed by atoms with E-state index in [0.29, 0.717) is 17.9 Å². The average Bonchev–Trinajstić information content (AvgIpc) is 3.30. The minimum Gasteiger partial charge on any atom is -0.487 e. The van der Waals surface area contributed by atoms with E-state index in [1.807, 2.05) is 0 Å². The van der Waals surface area contributed by atoms with Crippen molar-refractivity contribution >= 4 is 23.3 Å². The molecule has 3 aromatic carbocycles. The van der Waals surface area contributed by atoms with Gasteiger partial charge in [0, 0.05) is 35.0 Å². The molecule has 2 aliphatic rings. The Morgan fingerprint density at radius 3 is 2.38 bits per heavy atom. The third-order valence-electron chi connectivity index (χ3n) is 7.12. The maximum absolute atomic E-state index is 13.9. The van der Waals surface area contributed by atoms with Crippen LogP contribution in [0.3, 0.4) is 0 Å². The van der Waals surface area contributed by atoms with Crippen LogP contribution in [0.15, 0.2) is 60.7 Å². The summed E-state index contributed by atoms with van der Waals surface area (Å²) in [5.41, 5.74) is 0.445. The number of halogens is 5. The van der Waals surface area contributed by atoms with Gasteiger partial charge in [0.15, 0.2) is 0 Å². The van der Waals surface area contributed by atoms with Gasteiger partial charge in [-0.25, -0.2) is 13.6 Å². The number of aliphatic hydroxyl groups excluding tert-OH is 1. The molecule has 8 nitrogen and oxygen atoms in total. The first kappa shape index (κ1) is 29.3. The standard InChI is InChI=1S/C29H26F5N3O5/c30-17-3-7-23(31)15(9-17)13-35-26(39)12-20-11-22-21-10-19(6-8-24(21)42-27(22)25(14-38)41-20)37-28(40)36-18-4-1-16(2-5-18)29(32,33)34/h1-10,20,22,25,27,38H,11-14H2,(H,35,39)(H2,36,37,40)/t20-,22-,25+,27+/m1/s1. The predicted octanol–water partition coefficient (Wildman–Crippen LogP) is 5.33. The Hall–Kier alpha value is -4.23. The molecule has 1 saturated heterocycles. The normalized spacial score (nSPS) is 21.1. The first-order valence-electron chi connectivity index (χ1n) is 13.0. The summed E-state index contributed by atoms with van der Waals surface area (Å²) in [5.74, 6) is -1.49. The van der Waals surface area contributed by atoms with Gasteiger partial charge in [-0.2, -0.15) is 13.2 Å². The van der Waals surface area contributed by atoms with E-state index in [1.165, 1.54) is 0 Å². The summed E-state index contributed by atoms with van der Waals surface area (Å²) in [6, 6.07) is 11.2. The van der Waals surface area contributed by atoms with Crippen LogP contribution in [0.1, 0.15) is 35.4 Å². The number of aliphatic hydroxyl groups is 1. The second-order valence-corrected chi connectivity index (χ2v) is 10.0. The number of carbonyl (C=O) groups is 2. The Balaban J connectivity index is 1.22. The first-order valence-corrected chi connectivity index (χ1v) is 13.0. The number of urea groups is 1. The highest BCUT2D eigenvalue weighted by atomic mass is 19.4. The molecule has 5 rings (SSSR count). The number of fused-ring (bicyclic) bond motifs is 3. The van der Waals surface area contributed by atoms with Crippen molar-refractivity contribution in [3.05, 3.63) is 89.0 Å². The third kappa shape index (κ3) is 6.63. The van der Waals surface area contributed by atoms with Gasteiger partial charge < -0.3 is 30.5 Å². The van der Waals surface area contributed by atoms with Crippen LogP contribution in [-0.4, -0.2) is 42.0 Å². The number of hydrogen-bond donors (Lipinski definition) is 4. The highest BCUT2D eigenvalue weighted by molar-refractivity contribution is 5.99. The van der Waals surface area contributed by atoms with Gasteiger partial charge in [-0.15, -0.1) is 0 Å². The zero-order valence-corrected chi connectivity index (χ0v) is 21.9. The molecule has 0 unspecified atom stereocenters. The molecule has 1 fully saturated rings. The van der Waals surface area contributed by atoms with Crippen LogP contribution >= 0.6 is 0 Å². The lowest BCUT2D eigenvalue weighted by Gasteiger charge is -2.37. The van der Waals surface area contributed by atoms with Crippen molar-refractivity contribution in [1.29, 1.82) is 0 Å². The molecular formula is C29H26F5N3O5. The molecular weight excluding hydrogens is 565 g/mol. The Bertz CT molecular complexity index is 1470. The molecule has 0 radical (unpaired) electrons. The molecule has 0 aliphatic carbocycles. The monoisotopic (exact) mass is 591 g/mol. The molecule has 42 heavy (non-hydrogen) atoms. The van der Waals surface area contributed by atoms with Crippen LogP contribution in [0.5, 0.6) is 5.75 Å². The average molecular weight is 592 g/mol. The van der Waals surface area contributed by atoms with E-state index in [-0.39, 0.29) is 36.7 Å². The minimum atomic E-state index is -4.49. The fourth-order valence-electron chi connectivity index (χ4n) is 5.15. The van der Waals surface area contributed by atoms with Crippen molar-refractivity contribution in [3.63, 3.8) is 0 Å². The zero-order valence-electron chi connectivity index (χ0n) is 21.9. The van der Waals surface area contributed by atoms with Crippen molar-refractivity contribution in [2.75, 3.05) is 17.2 Å². The Labute approximate surface area is 236 Å². The second kappa shape index (κ2) is 11.9. The maximum atomic E-state index is 13.9. The van der Waals surface area contributed by atoms with E-state index in [2.05, 4.69) is 16.0 Å². The van der Waals surface area contributed by atoms with Gasteiger partial charge in [-0.3, -0.25) is 4.79 Å². The summed E-state index contributed by atoms with van der Waals surface area (Å²) in [4.78, 5) is 25.1. The third-order valence-corrected chi connectivity index (χ3v) is 7.12. The van der Waals surface area contributed by atoms with Crippen LogP contribution in [0.25, 0.3) is 0 Å². The molecule has 0 saturated carbocycles. The Morgan fingerprint density at radius 2 is 1.67 bits per heavy atom. The summed E-state index contributed by atoms with van der Waals surface area (Å²) < 4.78 is 77.6. The molecule has 13 heteroatoms. The number of nitrogens with one attached hydrogen (secondary N) is 3. The second-order valence-electron chi connectivity index (χ2n) is 10.0.